The van der Waals surface area contributed by atoms with Gasteiger partial charge in [-0.2, -0.15) is 0 Å². The van der Waals surface area contributed by atoms with Crippen molar-refractivity contribution in [3.63, 3.8) is 0 Å². The van der Waals surface area contributed by atoms with Crippen molar-refractivity contribution in [2.24, 2.45) is 5.92 Å². The average molecular weight is 260 g/mol. The van der Waals surface area contributed by atoms with Gasteiger partial charge in [0, 0.05) is 10.4 Å². The van der Waals surface area contributed by atoms with Crippen LogP contribution in [0.2, 0.25) is 0 Å². The van der Waals surface area contributed by atoms with E-state index in [1.807, 2.05) is 23.9 Å². The van der Waals surface area contributed by atoms with Crippen LogP contribution in [0.1, 0.15) is 36.6 Å². The molecule has 1 unspecified atom stereocenters. The Morgan fingerprint density at radius 1 is 1.28 bits per heavy atom. The Bertz CT molecular complexity index is 526. The summed E-state index contributed by atoms with van der Waals surface area (Å²) in [5.41, 5.74) is 2.64. The number of thiophene rings is 1. The molecule has 94 valence electrons. The van der Waals surface area contributed by atoms with Gasteiger partial charge in [-0.25, -0.2) is 4.98 Å². The summed E-state index contributed by atoms with van der Waals surface area (Å²) in [5, 5.41) is 11.9. The molecule has 0 saturated heterocycles. The molecule has 1 fully saturated rings. The molecule has 4 rings (SSSR count). The summed E-state index contributed by atoms with van der Waals surface area (Å²) in [6, 6.07) is 2.68. The highest BCUT2D eigenvalue weighted by atomic mass is 32.1. The maximum atomic E-state index is 9.66. The molecule has 3 heterocycles. The Labute approximate surface area is 110 Å². The molecule has 3 nitrogen and oxygen atoms in total. The lowest BCUT2D eigenvalue weighted by atomic mass is 9.82. The van der Waals surface area contributed by atoms with Gasteiger partial charge in [-0.1, -0.05) is 0 Å². The average Bonchev–Trinajstić information content (AvgIpc) is 3.03. The maximum Gasteiger partial charge on any atom is 0.0957 e. The second kappa shape index (κ2) is 3.93. The normalized spacial score (nSPS) is 30.2. The van der Waals surface area contributed by atoms with Crippen LogP contribution < -0.4 is 0 Å². The maximum absolute atomic E-state index is 9.66. The molecule has 0 radical (unpaired) electrons. The van der Waals surface area contributed by atoms with Gasteiger partial charge in [0.05, 0.1) is 30.4 Å². The van der Waals surface area contributed by atoms with Crippen molar-refractivity contribution in [2.45, 2.75) is 37.8 Å². The van der Waals surface area contributed by atoms with Gasteiger partial charge in [-0.15, -0.1) is 11.3 Å². The number of aromatic nitrogens is 2. The topological polar surface area (TPSA) is 38.1 Å². The smallest absolute Gasteiger partial charge is 0.0957 e. The van der Waals surface area contributed by atoms with E-state index >= 15 is 0 Å². The molecular weight excluding hydrogens is 244 g/mol. The fourth-order valence-corrected chi connectivity index (χ4v) is 4.58. The van der Waals surface area contributed by atoms with Gasteiger partial charge in [-0.3, -0.25) is 0 Å². The second-order valence-electron chi connectivity index (χ2n) is 5.40. The van der Waals surface area contributed by atoms with Gasteiger partial charge in [0.2, 0.25) is 0 Å². The van der Waals surface area contributed by atoms with E-state index < -0.39 is 0 Å². The zero-order valence-corrected chi connectivity index (χ0v) is 10.9. The van der Waals surface area contributed by atoms with E-state index in [1.165, 1.54) is 16.1 Å². The zero-order valence-electron chi connectivity index (χ0n) is 10.1. The molecule has 1 aliphatic carbocycles. The summed E-state index contributed by atoms with van der Waals surface area (Å²) in [4.78, 5) is 5.79. The van der Waals surface area contributed by atoms with E-state index in [0.717, 1.165) is 25.7 Å². The zero-order chi connectivity index (χ0) is 12.1. The number of aliphatic hydroxyl groups is 1. The van der Waals surface area contributed by atoms with Crippen molar-refractivity contribution in [3.8, 4) is 11.3 Å². The van der Waals surface area contributed by atoms with Crippen LogP contribution in [0.5, 0.6) is 0 Å². The van der Waals surface area contributed by atoms with Crippen LogP contribution in [0.4, 0.5) is 0 Å². The molecule has 1 saturated carbocycles. The molecule has 0 aromatic carbocycles. The van der Waals surface area contributed by atoms with Gasteiger partial charge >= 0.3 is 0 Å². The molecule has 4 heteroatoms. The largest absolute Gasteiger partial charge is 0.393 e. The van der Waals surface area contributed by atoms with E-state index in [9.17, 15) is 5.11 Å². The van der Waals surface area contributed by atoms with Gasteiger partial charge in [0.1, 0.15) is 0 Å². The van der Waals surface area contributed by atoms with Gasteiger partial charge in [-0.05, 0) is 43.0 Å². The molecule has 0 amide bonds. The highest BCUT2D eigenvalue weighted by molar-refractivity contribution is 7.10. The lowest BCUT2D eigenvalue weighted by Gasteiger charge is -2.30. The van der Waals surface area contributed by atoms with E-state index in [-0.39, 0.29) is 6.10 Å². The van der Waals surface area contributed by atoms with Crippen LogP contribution in [0.25, 0.3) is 11.3 Å². The van der Waals surface area contributed by atoms with E-state index in [0.29, 0.717) is 12.0 Å². The van der Waals surface area contributed by atoms with E-state index in [2.05, 4.69) is 21.0 Å². The summed E-state index contributed by atoms with van der Waals surface area (Å²) in [5.74, 6) is 0.654. The molecule has 2 aliphatic rings. The van der Waals surface area contributed by atoms with Gasteiger partial charge in [0.15, 0.2) is 0 Å². The van der Waals surface area contributed by atoms with Crippen LogP contribution in [-0.4, -0.2) is 20.8 Å². The first-order chi connectivity index (χ1) is 8.84. The van der Waals surface area contributed by atoms with Gasteiger partial charge in [0.25, 0.3) is 0 Å². The highest BCUT2D eigenvalue weighted by Crippen LogP contribution is 2.49. The quantitative estimate of drug-likeness (QED) is 0.855. The fraction of sp³-hybridized carbons (Fsp3) is 0.500. The number of rotatable bonds is 1. The first kappa shape index (κ1) is 10.8. The third-order valence-corrected chi connectivity index (χ3v) is 5.38. The Morgan fingerprint density at radius 2 is 2.11 bits per heavy atom. The molecule has 0 bridgehead atoms. The minimum absolute atomic E-state index is 0.0762. The summed E-state index contributed by atoms with van der Waals surface area (Å²) in [6.07, 6.45) is 8.02. The lowest BCUT2D eigenvalue weighted by Crippen LogP contribution is -2.25. The number of fused-ring (bicyclic) bond motifs is 3. The van der Waals surface area contributed by atoms with Crippen LogP contribution in [0.3, 0.4) is 0 Å². The van der Waals surface area contributed by atoms with E-state index in [1.54, 1.807) is 0 Å². The summed E-state index contributed by atoms with van der Waals surface area (Å²) >= 11 is 1.86. The standard InChI is InChI=1S/C14H16N2OS/c17-10-3-1-9(2-4-10)13-14-11(5-6-18-14)12-7-15-8-16(12)13/h5-10,13,17H,1-4H2. The third kappa shape index (κ3) is 1.42. The summed E-state index contributed by atoms with van der Waals surface area (Å²) in [7, 11) is 0. The Morgan fingerprint density at radius 3 is 2.94 bits per heavy atom. The van der Waals surface area contributed by atoms with Gasteiger partial charge < -0.3 is 9.67 Å². The molecule has 1 atom stereocenters. The summed E-state index contributed by atoms with van der Waals surface area (Å²) < 4.78 is 2.34. The number of aliphatic hydroxyl groups excluding tert-OH is 1. The van der Waals surface area contributed by atoms with Crippen LogP contribution in [-0.2, 0) is 0 Å². The Balaban J connectivity index is 1.74. The molecule has 2 aromatic heterocycles. The van der Waals surface area contributed by atoms with Crippen molar-refractivity contribution < 1.29 is 5.11 Å². The SMILES string of the molecule is OC1CCC(C2c3sccc3-c3cncn32)CC1. The van der Waals surface area contributed by atoms with Crippen LogP contribution >= 0.6 is 11.3 Å². The molecule has 1 aliphatic heterocycles. The molecular formula is C14H16N2OS. The number of hydrogen-bond acceptors (Lipinski definition) is 3. The first-order valence-corrected chi connectivity index (χ1v) is 7.50. The molecule has 0 spiro atoms. The van der Waals surface area contributed by atoms with Crippen molar-refractivity contribution in [1.29, 1.82) is 0 Å². The van der Waals surface area contributed by atoms with Crippen LogP contribution in [0, 0.1) is 5.92 Å². The number of hydrogen-bond donors (Lipinski definition) is 1. The minimum Gasteiger partial charge on any atom is -0.393 e. The van der Waals surface area contributed by atoms with Crippen molar-refractivity contribution >= 4 is 11.3 Å². The minimum atomic E-state index is -0.0762. The molecule has 18 heavy (non-hydrogen) atoms. The first-order valence-electron chi connectivity index (χ1n) is 6.62. The summed E-state index contributed by atoms with van der Waals surface area (Å²) in [6.45, 7) is 0. The lowest BCUT2D eigenvalue weighted by molar-refractivity contribution is 0.0991. The van der Waals surface area contributed by atoms with Crippen LogP contribution in [0.15, 0.2) is 24.0 Å². The monoisotopic (exact) mass is 260 g/mol. The fourth-order valence-electron chi connectivity index (χ4n) is 3.48. The predicted molar refractivity (Wildman–Crippen MR) is 71.6 cm³/mol. The molecule has 2 aromatic rings. The number of nitrogens with zero attached hydrogens (tertiary/aromatic N) is 2. The second-order valence-corrected chi connectivity index (χ2v) is 6.35. The Kier molecular flexibility index (Phi) is 2.35. The van der Waals surface area contributed by atoms with Crippen molar-refractivity contribution in [3.05, 3.63) is 28.8 Å². The van der Waals surface area contributed by atoms with E-state index in [4.69, 9.17) is 0 Å². The highest BCUT2D eigenvalue weighted by Gasteiger charge is 2.36. The Hall–Kier alpha value is -1.13. The van der Waals surface area contributed by atoms with Crippen molar-refractivity contribution in [1.82, 2.24) is 9.55 Å². The van der Waals surface area contributed by atoms with Crippen molar-refractivity contribution in [2.75, 3.05) is 0 Å². The third-order valence-electron chi connectivity index (χ3n) is 4.39. The predicted octanol–water partition coefficient (Wildman–Crippen LogP) is 3.07. The number of imidazole rings is 1. The molecule has 1 N–H and O–H groups in total.